The van der Waals surface area contributed by atoms with E-state index in [-0.39, 0.29) is 5.90 Å². The number of nitrogens with two attached hydrogens (primary N) is 1. The highest BCUT2D eigenvalue weighted by molar-refractivity contribution is 5.93. The van der Waals surface area contributed by atoms with Crippen molar-refractivity contribution in [1.82, 2.24) is 0 Å². The van der Waals surface area contributed by atoms with Gasteiger partial charge in [-0.2, -0.15) is 5.90 Å². The van der Waals surface area contributed by atoms with Gasteiger partial charge in [-0.1, -0.05) is 17.7 Å². The Morgan fingerprint density at radius 2 is 2.08 bits per heavy atom. The molecule has 0 saturated carbocycles. The zero-order valence-electron chi connectivity index (χ0n) is 7.22. The van der Waals surface area contributed by atoms with Gasteiger partial charge in [0.1, 0.15) is 0 Å². The Kier molecular flexibility index (Phi) is 2.45. The van der Waals surface area contributed by atoms with Gasteiger partial charge in [0.25, 0.3) is 0 Å². The third kappa shape index (κ3) is 1.62. The SMILES string of the molecule is Cc1ccc(C)c(C(=N)ON)c1. The van der Waals surface area contributed by atoms with Crippen LogP contribution in [0, 0.1) is 19.3 Å². The van der Waals surface area contributed by atoms with Crippen molar-refractivity contribution in [2.24, 2.45) is 5.90 Å². The van der Waals surface area contributed by atoms with Crippen LogP contribution in [0.4, 0.5) is 0 Å². The molecule has 0 radical (unpaired) electrons. The number of aryl methyl sites for hydroxylation is 2. The summed E-state index contributed by atoms with van der Waals surface area (Å²) in [4.78, 5) is 4.36. The monoisotopic (exact) mass is 164 g/mol. The molecule has 3 heteroatoms. The van der Waals surface area contributed by atoms with Crippen LogP contribution in [0.15, 0.2) is 18.2 Å². The quantitative estimate of drug-likeness (QED) is 0.375. The van der Waals surface area contributed by atoms with Gasteiger partial charge < -0.3 is 4.84 Å². The summed E-state index contributed by atoms with van der Waals surface area (Å²) in [6, 6.07) is 5.81. The maximum absolute atomic E-state index is 7.37. The molecule has 0 aromatic heterocycles. The standard InChI is InChI=1S/C9H12N2O/c1-6-3-4-7(2)8(5-6)9(10)12-11/h3-5,10H,11H2,1-2H3. The molecule has 0 spiro atoms. The van der Waals surface area contributed by atoms with E-state index < -0.39 is 0 Å². The Morgan fingerprint density at radius 3 is 2.67 bits per heavy atom. The normalized spacial score (nSPS) is 9.58. The van der Waals surface area contributed by atoms with Crippen molar-refractivity contribution in [1.29, 1.82) is 5.41 Å². The second-order valence-corrected chi connectivity index (χ2v) is 2.77. The minimum Gasteiger partial charge on any atom is -0.391 e. The van der Waals surface area contributed by atoms with E-state index in [0.717, 1.165) is 16.7 Å². The summed E-state index contributed by atoms with van der Waals surface area (Å²) in [5.41, 5.74) is 2.84. The van der Waals surface area contributed by atoms with E-state index in [2.05, 4.69) is 4.84 Å². The Bertz CT molecular complexity index is 307. The average molecular weight is 164 g/mol. The molecule has 3 N–H and O–H groups in total. The van der Waals surface area contributed by atoms with Crippen molar-refractivity contribution in [3.63, 3.8) is 0 Å². The molecule has 0 bridgehead atoms. The van der Waals surface area contributed by atoms with Gasteiger partial charge in [-0.3, -0.25) is 5.41 Å². The first-order chi connectivity index (χ1) is 5.65. The Morgan fingerprint density at radius 1 is 1.42 bits per heavy atom. The maximum Gasteiger partial charge on any atom is 0.237 e. The molecule has 1 rings (SSSR count). The Balaban J connectivity index is 3.13. The van der Waals surface area contributed by atoms with Crippen LogP contribution in [0.1, 0.15) is 16.7 Å². The number of rotatable bonds is 1. The topological polar surface area (TPSA) is 59.1 Å². The first-order valence-electron chi connectivity index (χ1n) is 3.68. The third-order valence-electron chi connectivity index (χ3n) is 1.76. The summed E-state index contributed by atoms with van der Waals surface area (Å²) >= 11 is 0. The van der Waals surface area contributed by atoms with E-state index in [1.807, 2.05) is 32.0 Å². The van der Waals surface area contributed by atoms with Gasteiger partial charge in [0, 0.05) is 5.56 Å². The van der Waals surface area contributed by atoms with Crippen molar-refractivity contribution < 1.29 is 4.84 Å². The molecule has 0 aliphatic rings. The van der Waals surface area contributed by atoms with Crippen molar-refractivity contribution in [2.75, 3.05) is 0 Å². The number of hydrogen-bond acceptors (Lipinski definition) is 3. The fraction of sp³-hybridized carbons (Fsp3) is 0.222. The molecule has 0 atom stereocenters. The minimum atomic E-state index is 0.0104. The van der Waals surface area contributed by atoms with E-state index in [4.69, 9.17) is 11.3 Å². The molecule has 64 valence electrons. The van der Waals surface area contributed by atoms with Crippen LogP contribution in [0.5, 0.6) is 0 Å². The van der Waals surface area contributed by atoms with Crippen LogP contribution in [0.3, 0.4) is 0 Å². The summed E-state index contributed by atoms with van der Waals surface area (Å²) in [6.45, 7) is 3.88. The second-order valence-electron chi connectivity index (χ2n) is 2.77. The summed E-state index contributed by atoms with van der Waals surface area (Å²) in [5.74, 6) is 4.91. The van der Waals surface area contributed by atoms with Crippen molar-refractivity contribution in [3.8, 4) is 0 Å². The summed E-state index contributed by atoms with van der Waals surface area (Å²) < 4.78 is 0. The molecule has 0 aliphatic heterocycles. The molecular weight excluding hydrogens is 152 g/mol. The van der Waals surface area contributed by atoms with Crippen LogP contribution in [-0.4, -0.2) is 5.90 Å². The van der Waals surface area contributed by atoms with Gasteiger partial charge in [-0.15, -0.1) is 0 Å². The van der Waals surface area contributed by atoms with Gasteiger partial charge in [0.05, 0.1) is 0 Å². The number of hydrogen-bond donors (Lipinski definition) is 2. The van der Waals surface area contributed by atoms with Crippen LogP contribution < -0.4 is 5.90 Å². The largest absolute Gasteiger partial charge is 0.391 e. The Labute approximate surface area is 71.6 Å². The fourth-order valence-corrected chi connectivity index (χ4v) is 1.04. The molecule has 0 aliphatic carbocycles. The minimum absolute atomic E-state index is 0.0104. The summed E-state index contributed by atoms with van der Waals surface area (Å²) in [6.07, 6.45) is 0. The lowest BCUT2D eigenvalue weighted by Gasteiger charge is -2.05. The molecular formula is C9H12N2O. The lowest BCUT2D eigenvalue weighted by atomic mass is 10.1. The van der Waals surface area contributed by atoms with Gasteiger partial charge >= 0.3 is 0 Å². The predicted octanol–water partition coefficient (Wildman–Crippen LogP) is 1.52. The first-order valence-corrected chi connectivity index (χ1v) is 3.68. The zero-order valence-corrected chi connectivity index (χ0v) is 7.22. The van der Waals surface area contributed by atoms with Crippen LogP contribution in [-0.2, 0) is 4.84 Å². The van der Waals surface area contributed by atoms with E-state index >= 15 is 0 Å². The van der Waals surface area contributed by atoms with E-state index in [1.54, 1.807) is 0 Å². The van der Waals surface area contributed by atoms with Crippen LogP contribution in [0.2, 0.25) is 0 Å². The Hall–Kier alpha value is -1.35. The third-order valence-corrected chi connectivity index (χ3v) is 1.76. The van der Waals surface area contributed by atoms with Crippen molar-refractivity contribution in [3.05, 3.63) is 34.9 Å². The lowest BCUT2D eigenvalue weighted by molar-refractivity contribution is 0.319. The zero-order chi connectivity index (χ0) is 9.14. The number of nitrogens with one attached hydrogen (secondary N) is 1. The predicted molar refractivity (Wildman–Crippen MR) is 48.0 cm³/mol. The molecule has 1 aromatic rings. The summed E-state index contributed by atoms with van der Waals surface area (Å²) in [5, 5.41) is 7.37. The molecule has 0 unspecified atom stereocenters. The highest BCUT2D eigenvalue weighted by Crippen LogP contribution is 2.10. The maximum atomic E-state index is 7.37. The van der Waals surface area contributed by atoms with Crippen LogP contribution in [0.25, 0.3) is 0 Å². The van der Waals surface area contributed by atoms with Crippen molar-refractivity contribution >= 4 is 5.90 Å². The molecule has 12 heavy (non-hydrogen) atoms. The molecule has 3 nitrogen and oxygen atoms in total. The average Bonchev–Trinajstić information content (AvgIpc) is 2.08. The van der Waals surface area contributed by atoms with Gasteiger partial charge in [-0.25, -0.2) is 0 Å². The molecule has 0 fully saturated rings. The van der Waals surface area contributed by atoms with Gasteiger partial charge in [-0.05, 0) is 25.5 Å². The fourth-order valence-electron chi connectivity index (χ4n) is 1.04. The van der Waals surface area contributed by atoms with Gasteiger partial charge in [0.15, 0.2) is 0 Å². The van der Waals surface area contributed by atoms with Crippen molar-refractivity contribution in [2.45, 2.75) is 13.8 Å². The highest BCUT2D eigenvalue weighted by atomic mass is 16.6. The second kappa shape index (κ2) is 3.36. The molecule has 0 amide bonds. The smallest absolute Gasteiger partial charge is 0.237 e. The van der Waals surface area contributed by atoms with Crippen LogP contribution >= 0.6 is 0 Å². The lowest BCUT2D eigenvalue weighted by Crippen LogP contribution is -2.11. The van der Waals surface area contributed by atoms with E-state index in [9.17, 15) is 0 Å². The summed E-state index contributed by atoms with van der Waals surface area (Å²) in [7, 11) is 0. The van der Waals surface area contributed by atoms with E-state index in [1.165, 1.54) is 0 Å². The highest BCUT2D eigenvalue weighted by Gasteiger charge is 2.04. The number of benzene rings is 1. The molecule has 0 heterocycles. The van der Waals surface area contributed by atoms with E-state index in [0.29, 0.717) is 0 Å². The van der Waals surface area contributed by atoms with Gasteiger partial charge in [0.2, 0.25) is 5.90 Å². The first kappa shape index (κ1) is 8.74. The molecule has 0 saturated heterocycles. The molecule has 1 aromatic carbocycles.